The van der Waals surface area contributed by atoms with E-state index in [4.69, 9.17) is 11.6 Å². The van der Waals surface area contributed by atoms with E-state index in [2.05, 4.69) is 17.6 Å². The minimum absolute atomic E-state index is 0.00858. The number of rotatable bonds is 8. The van der Waals surface area contributed by atoms with E-state index in [9.17, 15) is 19.5 Å². The largest absolute Gasteiger partial charge is 0.394 e. The number of hydrogen-bond acceptors (Lipinski definition) is 5. The lowest BCUT2D eigenvalue weighted by Gasteiger charge is -2.40. The molecule has 0 radical (unpaired) electrons. The zero-order valence-electron chi connectivity index (χ0n) is 22.6. The second kappa shape index (κ2) is 11.2. The second-order valence-electron chi connectivity index (χ2n) is 11.2. The van der Waals surface area contributed by atoms with Crippen LogP contribution in [-0.4, -0.2) is 56.4 Å². The van der Waals surface area contributed by atoms with Gasteiger partial charge in [0.15, 0.2) is 0 Å². The van der Waals surface area contributed by atoms with Crippen molar-refractivity contribution in [3.8, 4) is 0 Å². The van der Waals surface area contributed by atoms with Gasteiger partial charge in [0.25, 0.3) is 0 Å². The molecular weight excluding hydrogens is 558 g/mol. The Labute approximate surface area is 248 Å². The van der Waals surface area contributed by atoms with E-state index in [0.717, 1.165) is 12.0 Å². The molecule has 3 saturated heterocycles. The van der Waals surface area contributed by atoms with Crippen LogP contribution in [0.1, 0.15) is 18.9 Å². The molecule has 3 heterocycles. The number of aliphatic hydroxyl groups excluding tert-OH is 1. The van der Waals surface area contributed by atoms with Crippen molar-refractivity contribution in [3.63, 3.8) is 0 Å². The Balaban J connectivity index is 1.39. The SMILES string of the molecule is CC1C[C@H]2SC13C(C(=O)Nc1ccc(Cl)cc1)N([C@@H](CO)Cc1ccccc1)C(=O)[C@@H]3[C@H]2C(=O)Nc1ccccc1. The minimum Gasteiger partial charge on any atom is -0.394 e. The van der Waals surface area contributed by atoms with Crippen LogP contribution < -0.4 is 10.6 Å². The fraction of sp³-hybridized carbons (Fsp3) is 0.344. The van der Waals surface area contributed by atoms with E-state index in [-0.39, 0.29) is 35.5 Å². The number of hydrogen-bond donors (Lipinski definition) is 3. The maximum Gasteiger partial charge on any atom is 0.248 e. The molecular formula is C32H32ClN3O4S. The van der Waals surface area contributed by atoms with Gasteiger partial charge in [0.1, 0.15) is 6.04 Å². The van der Waals surface area contributed by atoms with Crippen molar-refractivity contribution in [1.29, 1.82) is 0 Å². The fourth-order valence-corrected chi connectivity index (χ4v) is 9.61. The molecule has 41 heavy (non-hydrogen) atoms. The molecule has 3 N–H and O–H groups in total. The van der Waals surface area contributed by atoms with E-state index in [0.29, 0.717) is 22.8 Å². The number of benzene rings is 3. The third-order valence-corrected chi connectivity index (χ3v) is 11.1. The van der Waals surface area contributed by atoms with Crippen molar-refractivity contribution in [1.82, 2.24) is 4.90 Å². The molecule has 3 amide bonds. The van der Waals surface area contributed by atoms with Crippen LogP contribution in [0.3, 0.4) is 0 Å². The number of nitrogens with one attached hydrogen (secondary N) is 2. The molecule has 0 saturated carbocycles. The lowest BCUT2D eigenvalue weighted by molar-refractivity contribution is -0.141. The Kier molecular flexibility index (Phi) is 7.57. The van der Waals surface area contributed by atoms with Crippen LogP contribution in [0.2, 0.25) is 5.02 Å². The minimum atomic E-state index is -0.865. The Bertz CT molecular complexity index is 1440. The van der Waals surface area contributed by atoms with Crippen LogP contribution in [0.15, 0.2) is 84.9 Å². The Hall–Kier alpha value is -3.33. The van der Waals surface area contributed by atoms with Crippen molar-refractivity contribution in [2.75, 3.05) is 17.2 Å². The Morgan fingerprint density at radius 1 is 0.976 bits per heavy atom. The monoisotopic (exact) mass is 589 g/mol. The molecule has 6 rings (SSSR count). The average molecular weight is 590 g/mol. The van der Waals surface area contributed by atoms with Gasteiger partial charge < -0.3 is 20.6 Å². The first-order valence-corrected chi connectivity index (χ1v) is 15.2. The topological polar surface area (TPSA) is 98.7 Å². The van der Waals surface area contributed by atoms with Gasteiger partial charge in [0.2, 0.25) is 17.7 Å². The number of fused-ring (bicyclic) bond motifs is 1. The van der Waals surface area contributed by atoms with Crippen LogP contribution >= 0.6 is 23.4 Å². The molecule has 3 aromatic rings. The molecule has 3 aliphatic heterocycles. The Morgan fingerprint density at radius 2 is 1.59 bits per heavy atom. The standard InChI is InChI=1S/C32H32ClN3O4S/c1-19-16-25-26(29(38)34-22-10-6-3-7-11-22)27-31(40)36(24(18-37)17-20-8-4-2-5-9-20)28(32(19,27)41-25)30(39)35-23-14-12-21(33)13-15-23/h2-15,19,24-28,37H,16-18H2,1H3,(H,34,38)(H,35,39)/t19?,24-,25-,26+,27+,28?,32?/m1/s1. The van der Waals surface area contributed by atoms with Crippen LogP contribution in [0.5, 0.6) is 0 Å². The summed E-state index contributed by atoms with van der Waals surface area (Å²) in [5, 5.41) is 17.1. The van der Waals surface area contributed by atoms with Gasteiger partial charge in [0, 0.05) is 21.6 Å². The molecule has 3 aromatic carbocycles. The van der Waals surface area contributed by atoms with E-state index in [1.54, 1.807) is 40.9 Å². The van der Waals surface area contributed by atoms with Gasteiger partial charge in [-0.25, -0.2) is 0 Å². The molecule has 9 heteroatoms. The third-order valence-electron chi connectivity index (χ3n) is 8.81. The number of likely N-dealkylation sites (tertiary alicyclic amines) is 1. The van der Waals surface area contributed by atoms with E-state index in [1.165, 1.54) is 0 Å². The fourth-order valence-electron chi connectivity index (χ4n) is 7.08. The molecule has 3 fully saturated rings. The molecule has 0 aliphatic carbocycles. The van der Waals surface area contributed by atoms with Gasteiger partial charge in [-0.15, -0.1) is 11.8 Å². The summed E-state index contributed by atoms with van der Waals surface area (Å²) in [7, 11) is 0. The second-order valence-corrected chi connectivity index (χ2v) is 13.2. The molecule has 1 spiro atoms. The summed E-state index contributed by atoms with van der Waals surface area (Å²) in [6.07, 6.45) is 1.11. The molecule has 7 atom stereocenters. The first kappa shape index (κ1) is 27.8. The number of anilines is 2. The van der Waals surface area contributed by atoms with Crippen molar-refractivity contribution in [3.05, 3.63) is 95.5 Å². The summed E-state index contributed by atoms with van der Waals surface area (Å²) < 4.78 is -0.805. The van der Waals surface area contributed by atoms with Crippen LogP contribution in [0.25, 0.3) is 0 Å². The first-order valence-electron chi connectivity index (χ1n) is 13.9. The lowest BCUT2D eigenvalue weighted by Crippen LogP contribution is -2.57. The number of para-hydroxylation sites is 1. The summed E-state index contributed by atoms with van der Waals surface area (Å²) in [6.45, 7) is 1.77. The number of halogens is 1. The number of amides is 3. The molecule has 0 aromatic heterocycles. The lowest BCUT2D eigenvalue weighted by atomic mass is 9.66. The van der Waals surface area contributed by atoms with Crippen molar-refractivity contribution in [2.24, 2.45) is 17.8 Å². The summed E-state index contributed by atoms with van der Waals surface area (Å²) in [5.74, 6) is -2.03. The van der Waals surface area contributed by atoms with Gasteiger partial charge in [0.05, 0.1) is 29.2 Å². The maximum atomic E-state index is 14.5. The predicted octanol–water partition coefficient (Wildman–Crippen LogP) is 4.86. The summed E-state index contributed by atoms with van der Waals surface area (Å²) in [6, 6.07) is 24.2. The number of carbonyl (C=O) groups excluding carboxylic acids is 3. The predicted molar refractivity (Wildman–Crippen MR) is 162 cm³/mol. The molecule has 2 bridgehead atoms. The highest BCUT2D eigenvalue weighted by Crippen LogP contribution is 2.69. The van der Waals surface area contributed by atoms with Gasteiger partial charge in [-0.3, -0.25) is 14.4 Å². The van der Waals surface area contributed by atoms with Gasteiger partial charge >= 0.3 is 0 Å². The quantitative estimate of drug-likeness (QED) is 0.349. The van der Waals surface area contributed by atoms with Crippen LogP contribution in [0.4, 0.5) is 11.4 Å². The van der Waals surface area contributed by atoms with E-state index in [1.807, 2.05) is 60.7 Å². The van der Waals surface area contributed by atoms with Crippen molar-refractivity contribution < 1.29 is 19.5 Å². The number of aliphatic hydroxyl groups is 1. The van der Waals surface area contributed by atoms with Crippen LogP contribution in [-0.2, 0) is 20.8 Å². The highest BCUT2D eigenvalue weighted by molar-refractivity contribution is 8.02. The smallest absolute Gasteiger partial charge is 0.248 e. The Morgan fingerprint density at radius 3 is 2.24 bits per heavy atom. The summed E-state index contributed by atoms with van der Waals surface area (Å²) in [5.41, 5.74) is 2.19. The van der Waals surface area contributed by atoms with E-state index < -0.39 is 28.7 Å². The summed E-state index contributed by atoms with van der Waals surface area (Å²) in [4.78, 5) is 44.1. The maximum absolute atomic E-state index is 14.5. The highest BCUT2D eigenvalue weighted by atomic mass is 35.5. The highest BCUT2D eigenvalue weighted by Gasteiger charge is 2.76. The zero-order chi connectivity index (χ0) is 28.7. The van der Waals surface area contributed by atoms with Gasteiger partial charge in [-0.2, -0.15) is 0 Å². The zero-order valence-corrected chi connectivity index (χ0v) is 24.1. The number of nitrogens with zero attached hydrogens (tertiary/aromatic N) is 1. The van der Waals surface area contributed by atoms with Crippen molar-refractivity contribution >= 4 is 52.5 Å². The van der Waals surface area contributed by atoms with Gasteiger partial charge in [-0.1, -0.05) is 67.1 Å². The van der Waals surface area contributed by atoms with Gasteiger partial charge in [-0.05, 0) is 60.7 Å². The molecule has 212 valence electrons. The molecule has 3 unspecified atom stereocenters. The molecule has 3 aliphatic rings. The third kappa shape index (κ3) is 4.82. The molecule has 7 nitrogen and oxygen atoms in total. The van der Waals surface area contributed by atoms with Crippen molar-refractivity contribution in [2.45, 2.75) is 41.8 Å². The summed E-state index contributed by atoms with van der Waals surface area (Å²) >= 11 is 7.68. The normalized spacial score (nSPS) is 28.8. The number of carbonyl (C=O) groups is 3. The number of thioether (sulfide) groups is 1. The van der Waals surface area contributed by atoms with Crippen LogP contribution in [0, 0.1) is 17.8 Å². The first-order chi connectivity index (χ1) is 19.8. The average Bonchev–Trinajstić information content (AvgIpc) is 3.57. The van der Waals surface area contributed by atoms with E-state index >= 15 is 0 Å².